The van der Waals surface area contributed by atoms with E-state index in [1.165, 1.54) is 37.7 Å². The minimum atomic E-state index is -0.209. The van der Waals surface area contributed by atoms with Gasteiger partial charge in [-0.05, 0) is 72.7 Å². The van der Waals surface area contributed by atoms with Crippen LogP contribution in [0.2, 0.25) is 0 Å². The molecule has 6 atom stereocenters. The quantitative estimate of drug-likeness (QED) is 0.721. The number of fused-ring (bicyclic) bond motifs is 3. The number of aliphatic hydroxyl groups excluding tert-OH is 2. The molecule has 0 radical (unpaired) electrons. The number of hydrogen-bond donors (Lipinski definition) is 2. The summed E-state index contributed by atoms with van der Waals surface area (Å²) in [7, 11) is 0. The Bertz CT molecular complexity index is 508. The van der Waals surface area contributed by atoms with Crippen molar-refractivity contribution >= 4 is 0 Å². The van der Waals surface area contributed by atoms with Crippen molar-refractivity contribution in [2.24, 2.45) is 34.0 Å². The molecule has 2 nitrogen and oxygen atoms in total. The average Bonchev–Trinajstić information content (AvgIpc) is 2.74. The highest BCUT2D eigenvalue weighted by Gasteiger charge is 2.65. The van der Waals surface area contributed by atoms with E-state index in [0.29, 0.717) is 28.6 Å². The Morgan fingerprint density at radius 3 is 2.64 bits per heavy atom. The van der Waals surface area contributed by atoms with E-state index in [2.05, 4.69) is 26.8 Å². The van der Waals surface area contributed by atoms with Crippen molar-refractivity contribution in [3.8, 4) is 0 Å². The Morgan fingerprint density at radius 2 is 1.91 bits per heavy atom. The number of rotatable bonds is 1. The van der Waals surface area contributed by atoms with Gasteiger partial charge in [0, 0.05) is 5.41 Å². The van der Waals surface area contributed by atoms with Gasteiger partial charge in [-0.2, -0.15) is 0 Å². The van der Waals surface area contributed by atoms with Gasteiger partial charge in [0.2, 0.25) is 0 Å². The lowest BCUT2D eigenvalue weighted by Gasteiger charge is -2.65. The van der Waals surface area contributed by atoms with Crippen LogP contribution in [0.15, 0.2) is 11.6 Å². The standard InChI is InChI=1S/C20H32O2/c1-18(2)7-4-8-19(3)15-6-5-13-10-20(15,11-14(13)12-21)17(22)9-16(18)19/h11,13,15-17,21-22H,4-10,12H2,1-3H3/t13-,15+,16-,17+,19+,20-/m1/s1. The van der Waals surface area contributed by atoms with E-state index in [-0.39, 0.29) is 18.1 Å². The number of hydrogen-bond acceptors (Lipinski definition) is 2. The molecule has 0 aliphatic heterocycles. The second-order valence-electron chi connectivity index (χ2n) is 9.67. The van der Waals surface area contributed by atoms with Crippen LogP contribution in [0.1, 0.15) is 65.7 Å². The Labute approximate surface area is 135 Å². The predicted octanol–water partition coefficient (Wildman–Crippen LogP) is 3.92. The van der Waals surface area contributed by atoms with Crippen molar-refractivity contribution in [1.82, 2.24) is 0 Å². The van der Waals surface area contributed by atoms with Gasteiger partial charge < -0.3 is 10.2 Å². The molecule has 4 aliphatic rings. The van der Waals surface area contributed by atoms with Crippen LogP contribution < -0.4 is 0 Å². The Hall–Kier alpha value is -0.340. The summed E-state index contributed by atoms with van der Waals surface area (Å²) in [6.45, 7) is 7.57. The maximum absolute atomic E-state index is 11.2. The molecule has 2 heteroatoms. The van der Waals surface area contributed by atoms with E-state index in [1.807, 2.05) is 0 Å². The van der Waals surface area contributed by atoms with Crippen LogP contribution in [-0.4, -0.2) is 22.9 Å². The van der Waals surface area contributed by atoms with Crippen LogP contribution >= 0.6 is 0 Å². The fourth-order valence-corrected chi connectivity index (χ4v) is 7.44. The molecular weight excluding hydrogens is 272 g/mol. The highest BCUT2D eigenvalue weighted by Crippen LogP contribution is 2.70. The average molecular weight is 304 g/mol. The number of aliphatic hydroxyl groups is 2. The first-order chi connectivity index (χ1) is 10.3. The zero-order valence-electron chi connectivity index (χ0n) is 14.4. The van der Waals surface area contributed by atoms with Crippen LogP contribution in [0.25, 0.3) is 0 Å². The zero-order valence-corrected chi connectivity index (χ0v) is 14.4. The highest BCUT2D eigenvalue weighted by atomic mass is 16.3. The molecule has 1 spiro atoms. The molecule has 4 rings (SSSR count). The summed E-state index contributed by atoms with van der Waals surface area (Å²) < 4.78 is 0. The molecule has 2 N–H and O–H groups in total. The molecule has 0 amide bonds. The lowest BCUT2D eigenvalue weighted by Crippen LogP contribution is -2.60. The first kappa shape index (κ1) is 15.2. The third-order valence-electron chi connectivity index (χ3n) is 8.36. The van der Waals surface area contributed by atoms with Crippen molar-refractivity contribution in [2.45, 2.75) is 71.8 Å². The van der Waals surface area contributed by atoms with Crippen LogP contribution in [0.3, 0.4) is 0 Å². The molecule has 2 bridgehead atoms. The minimum absolute atomic E-state index is 0.0281. The van der Waals surface area contributed by atoms with Gasteiger partial charge in [0.1, 0.15) is 0 Å². The molecule has 0 aromatic heterocycles. The Kier molecular flexibility index (Phi) is 3.18. The summed E-state index contributed by atoms with van der Waals surface area (Å²) in [6, 6.07) is 0. The third-order valence-corrected chi connectivity index (χ3v) is 8.36. The van der Waals surface area contributed by atoms with E-state index in [4.69, 9.17) is 0 Å². The van der Waals surface area contributed by atoms with Crippen LogP contribution in [-0.2, 0) is 0 Å². The van der Waals surface area contributed by atoms with Crippen molar-refractivity contribution in [3.63, 3.8) is 0 Å². The molecule has 4 aliphatic carbocycles. The van der Waals surface area contributed by atoms with E-state index in [0.717, 1.165) is 12.8 Å². The summed E-state index contributed by atoms with van der Waals surface area (Å²) in [5.74, 6) is 1.78. The maximum atomic E-state index is 11.2. The molecular formula is C20H32O2. The van der Waals surface area contributed by atoms with Gasteiger partial charge in [-0.15, -0.1) is 0 Å². The van der Waals surface area contributed by atoms with E-state index in [1.54, 1.807) is 0 Å². The second kappa shape index (κ2) is 4.60. The summed E-state index contributed by atoms with van der Waals surface area (Å²) in [4.78, 5) is 0. The fourth-order valence-electron chi connectivity index (χ4n) is 7.44. The molecule has 0 heterocycles. The van der Waals surface area contributed by atoms with Gasteiger partial charge in [0.05, 0.1) is 12.7 Å². The van der Waals surface area contributed by atoms with Crippen LogP contribution in [0.5, 0.6) is 0 Å². The van der Waals surface area contributed by atoms with Crippen LogP contribution in [0.4, 0.5) is 0 Å². The first-order valence-corrected chi connectivity index (χ1v) is 9.34. The SMILES string of the molecule is CC1(C)CCC[C@]2(C)[C@@H]1C[C@H](O)[C@]13C=C(CO)[C@H](CC[C@@H]21)C3. The summed E-state index contributed by atoms with van der Waals surface area (Å²) in [6.07, 6.45) is 10.6. The summed E-state index contributed by atoms with van der Waals surface area (Å²) >= 11 is 0. The van der Waals surface area contributed by atoms with Gasteiger partial charge in [0.25, 0.3) is 0 Å². The van der Waals surface area contributed by atoms with E-state index >= 15 is 0 Å². The van der Waals surface area contributed by atoms with Crippen molar-refractivity contribution in [3.05, 3.63) is 11.6 Å². The van der Waals surface area contributed by atoms with Crippen LogP contribution in [0, 0.1) is 34.0 Å². The Balaban J connectivity index is 1.79. The summed E-state index contributed by atoms with van der Waals surface area (Å²) in [5.41, 5.74) is 1.92. The fraction of sp³-hybridized carbons (Fsp3) is 0.900. The molecule has 3 saturated carbocycles. The first-order valence-electron chi connectivity index (χ1n) is 9.34. The van der Waals surface area contributed by atoms with Crippen molar-refractivity contribution in [2.75, 3.05) is 6.61 Å². The van der Waals surface area contributed by atoms with E-state index < -0.39 is 0 Å². The maximum Gasteiger partial charge on any atom is 0.0644 e. The summed E-state index contributed by atoms with van der Waals surface area (Å²) in [5, 5.41) is 20.9. The smallest absolute Gasteiger partial charge is 0.0644 e. The minimum Gasteiger partial charge on any atom is -0.392 e. The highest BCUT2D eigenvalue weighted by molar-refractivity contribution is 5.30. The Morgan fingerprint density at radius 1 is 1.14 bits per heavy atom. The molecule has 0 aromatic rings. The lowest BCUT2D eigenvalue weighted by molar-refractivity contribution is -0.183. The van der Waals surface area contributed by atoms with Gasteiger partial charge >= 0.3 is 0 Å². The molecule has 124 valence electrons. The molecule has 0 saturated heterocycles. The van der Waals surface area contributed by atoms with Crippen molar-refractivity contribution < 1.29 is 10.2 Å². The molecule has 3 fully saturated rings. The molecule has 22 heavy (non-hydrogen) atoms. The predicted molar refractivity (Wildman–Crippen MR) is 88.3 cm³/mol. The van der Waals surface area contributed by atoms with E-state index in [9.17, 15) is 10.2 Å². The van der Waals surface area contributed by atoms with Gasteiger partial charge in [-0.3, -0.25) is 0 Å². The molecule has 0 unspecified atom stereocenters. The molecule has 0 aromatic carbocycles. The third kappa shape index (κ3) is 1.74. The van der Waals surface area contributed by atoms with Gasteiger partial charge in [-0.1, -0.05) is 33.3 Å². The van der Waals surface area contributed by atoms with Gasteiger partial charge in [0.15, 0.2) is 0 Å². The zero-order chi connectivity index (χ0) is 15.8. The monoisotopic (exact) mass is 304 g/mol. The van der Waals surface area contributed by atoms with Gasteiger partial charge in [-0.25, -0.2) is 0 Å². The second-order valence-corrected chi connectivity index (χ2v) is 9.67. The largest absolute Gasteiger partial charge is 0.392 e. The lowest BCUT2D eigenvalue weighted by atomic mass is 9.40. The van der Waals surface area contributed by atoms with Crippen molar-refractivity contribution in [1.29, 1.82) is 0 Å². The topological polar surface area (TPSA) is 40.5 Å². The normalized spacial score (nSPS) is 52.7.